The van der Waals surface area contributed by atoms with E-state index in [-0.39, 0.29) is 29.2 Å². The molecule has 5 rings (SSSR count). The summed E-state index contributed by atoms with van der Waals surface area (Å²) in [6.07, 6.45) is -2.94. The zero-order valence-corrected chi connectivity index (χ0v) is 22.9. The van der Waals surface area contributed by atoms with E-state index in [0.29, 0.717) is 71.3 Å². The summed E-state index contributed by atoms with van der Waals surface area (Å²) in [7, 11) is 0. The van der Waals surface area contributed by atoms with Crippen LogP contribution in [0.5, 0.6) is 0 Å². The van der Waals surface area contributed by atoms with Gasteiger partial charge < -0.3 is 25.4 Å². The van der Waals surface area contributed by atoms with Gasteiger partial charge in [0, 0.05) is 64.1 Å². The Labute approximate surface area is 230 Å². The van der Waals surface area contributed by atoms with E-state index in [9.17, 15) is 23.1 Å². The van der Waals surface area contributed by atoms with Crippen molar-refractivity contribution in [1.82, 2.24) is 24.7 Å². The Morgan fingerprint density at radius 2 is 1.82 bits per heavy atom. The Kier molecular flexibility index (Phi) is 7.52. The minimum atomic E-state index is -4.66. The summed E-state index contributed by atoms with van der Waals surface area (Å²) in [5, 5.41) is 16.5. The molecule has 0 aliphatic carbocycles. The van der Waals surface area contributed by atoms with E-state index in [1.807, 2.05) is 6.92 Å². The van der Waals surface area contributed by atoms with Crippen LogP contribution in [0.2, 0.25) is 0 Å². The van der Waals surface area contributed by atoms with Crippen molar-refractivity contribution in [2.45, 2.75) is 45.0 Å². The highest BCUT2D eigenvalue weighted by Crippen LogP contribution is 2.37. The maximum absolute atomic E-state index is 14.0. The topological polar surface area (TPSA) is 123 Å². The second-order valence-electron chi connectivity index (χ2n) is 11.0. The van der Waals surface area contributed by atoms with E-state index in [0.717, 1.165) is 23.5 Å². The number of nitrogen functional groups attached to an aromatic ring is 1. The molecule has 218 valence electrons. The normalized spacial score (nSPS) is 22.9. The molecule has 4 aliphatic heterocycles. The van der Waals surface area contributed by atoms with Crippen LogP contribution in [0.1, 0.15) is 38.3 Å². The number of hydrogen-bond donors (Lipinski definition) is 2. The van der Waals surface area contributed by atoms with Gasteiger partial charge in [0.1, 0.15) is 23.3 Å². The van der Waals surface area contributed by atoms with Crippen molar-refractivity contribution >= 4 is 23.4 Å². The van der Waals surface area contributed by atoms with Crippen molar-refractivity contribution in [2.24, 2.45) is 10.1 Å². The number of rotatable bonds is 4. The molecule has 14 heteroatoms. The molecule has 0 aromatic carbocycles. The van der Waals surface area contributed by atoms with Crippen LogP contribution in [-0.4, -0.2) is 118 Å². The fourth-order valence-electron chi connectivity index (χ4n) is 5.53. The van der Waals surface area contributed by atoms with Crippen LogP contribution in [0, 0.1) is 0 Å². The number of nitrogens with two attached hydrogens (primary N) is 1. The van der Waals surface area contributed by atoms with Gasteiger partial charge in [-0.1, -0.05) is 0 Å². The molecule has 1 aromatic heterocycles. The Morgan fingerprint density at radius 1 is 1.15 bits per heavy atom. The van der Waals surface area contributed by atoms with Gasteiger partial charge in [0.15, 0.2) is 5.84 Å². The molecule has 5 heterocycles. The van der Waals surface area contributed by atoms with Gasteiger partial charge in [-0.2, -0.15) is 18.3 Å². The summed E-state index contributed by atoms with van der Waals surface area (Å²) < 4.78 is 47.4. The third-order valence-corrected chi connectivity index (χ3v) is 7.72. The third-order valence-electron chi connectivity index (χ3n) is 7.72. The molecule has 11 nitrogen and oxygen atoms in total. The maximum Gasteiger partial charge on any atom is 0.417 e. The van der Waals surface area contributed by atoms with E-state index in [2.05, 4.69) is 19.9 Å². The van der Waals surface area contributed by atoms with Gasteiger partial charge in [-0.25, -0.2) is 9.98 Å². The molecule has 1 aromatic rings. The number of pyridine rings is 1. The molecule has 1 atom stereocenters. The lowest BCUT2D eigenvalue weighted by molar-refractivity contribution is -0.149. The fourth-order valence-corrected chi connectivity index (χ4v) is 5.53. The highest BCUT2D eigenvalue weighted by atomic mass is 19.4. The van der Waals surface area contributed by atoms with E-state index in [4.69, 9.17) is 15.5 Å². The molecule has 40 heavy (non-hydrogen) atoms. The van der Waals surface area contributed by atoms with Crippen LogP contribution >= 0.6 is 0 Å². The number of fused-ring (bicyclic) bond motifs is 1. The molecule has 4 aliphatic rings. The second kappa shape index (κ2) is 10.6. The Balaban J connectivity index is 1.42. The number of morpholine rings is 1. The lowest BCUT2D eigenvalue weighted by atomic mass is 10.0. The predicted octanol–water partition coefficient (Wildman–Crippen LogP) is 1.35. The highest BCUT2D eigenvalue weighted by molar-refractivity contribution is 6.10. The van der Waals surface area contributed by atoms with Crippen LogP contribution in [-0.2, 0) is 15.7 Å². The first kappa shape index (κ1) is 28.3. The van der Waals surface area contributed by atoms with Crippen molar-refractivity contribution < 1.29 is 27.8 Å². The molecule has 1 amide bonds. The van der Waals surface area contributed by atoms with Crippen molar-refractivity contribution in [3.8, 4) is 0 Å². The lowest BCUT2D eigenvalue weighted by Gasteiger charge is -2.37. The number of alkyl halides is 3. The quantitative estimate of drug-likeness (QED) is 0.562. The van der Waals surface area contributed by atoms with Gasteiger partial charge >= 0.3 is 6.18 Å². The molecule has 3 N–H and O–H groups in total. The number of piperazine rings is 1. The smallest absolute Gasteiger partial charge is 0.384 e. The minimum absolute atomic E-state index is 0.0584. The number of ether oxygens (including phenoxy) is 1. The number of amidine groups is 2. The zero-order chi connectivity index (χ0) is 28.8. The minimum Gasteiger partial charge on any atom is -0.384 e. The molecule has 0 radical (unpaired) electrons. The molecular formula is C26H35F3N8O3. The Hall–Kier alpha value is -3.23. The second-order valence-corrected chi connectivity index (χ2v) is 11.0. The highest BCUT2D eigenvalue weighted by Gasteiger charge is 2.42. The number of hydrazone groups is 1. The summed E-state index contributed by atoms with van der Waals surface area (Å²) in [4.78, 5) is 27.0. The molecule has 2 fully saturated rings. The predicted molar refractivity (Wildman–Crippen MR) is 142 cm³/mol. The number of aromatic nitrogens is 1. The van der Waals surface area contributed by atoms with Crippen molar-refractivity contribution in [1.29, 1.82) is 0 Å². The summed E-state index contributed by atoms with van der Waals surface area (Å²) in [5.41, 5.74) is 5.02. The summed E-state index contributed by atoms with van der Waals surface area (Å²) >= 11 is 0. The summed E-state index contributed by atoms with van der Waals surface area (Å²) in [6.45, 7) is 10.0. The van der Waals surface area contributed by atoms with Gasteiger partial charge in [-0.05, 0) is 32.4 Å². The van der Waals surface area contributed by atoms with Crippen molar-refractivity contribution in [3.63, 3.8) is 0 Å². The first-order chi connectivity index (χ1) is 18.8. The van der Waals surface area contributed by atoms with Crippen LogP contribution in [0.4, 0.5) is 19.0 Å². The SMILES string of the molecule is CC1=C(CN2CCN(C(=O)C(C)(C)O)CC2)CC2C(N3CCOCC3)=NC(c3cnc(N)cc3C(F)(F)F)=NN12. The number of anilines is 1. The third kappa shape index (κ3) is 5.65. The largest absolute Gasteiger partial charge is 0.417 e. The van der Waals surface area contributed by atoms with Crippen molar-refractivity contribution in [2.75, 3.05) is 64.8 Å². The first-order valence-corrected chi connectivity index (χ1v) is 13.4. The van der Waals surface area contributed by atoms with Crippen LogP contribution in [0.3, 0.4) is 0 Å². The molecule has 0 bridgehead atoms. The van der Waals surface area contributed by atoms with Crippen molar-refractivity contribution in [3.05, 3.63) is 34.7 Å². The molecular weight excluding hydrogens is 529 g/mol. The lowest BCUT2D eigenvalue weighted by Crippen LogP contribution is -2.54. The van der Waals surface area contributed by atoms with Gasteiger partial charge in [0.2, 0.25) is 0 Å². The molecule has 2 saturated heterocycles. The van der Waals surface area contributed by atoms with Crippen LogP contribution < -0.4 is 5.73 Å². The summed E-state index contributed by atoms with van der Waals surface area (Å²) in [6, 6.07) is 0.569. The van der Waals surface area contributed by atoms with Crippen LogP contribution in [0.25, 0.3) is 0 Å². The Morgan fingerprint density at radius 3 is 2.45 bits per heavy atom. The number of nitrogens with zero attached hydrogens (tertiary/aromatic N) is 7. The van der Waals surface area contributed by atoms with Gasteiger partial charge in [-0.3, -0.25) is 14.7 Å². The van der Waals surface area contributed by atoms with Gasteiger partial charge in [-0.15, -0.1) is 0 Å². The van der Waals surface area contributed by atoms with Gasteiger partial charge in [0.25, 0.3) is 5.91 Å². The monoisotopic (exact) mass is 564 g/mol. The number of aliphatic hydroxyl groups is 1. The number of amides is 1. The molecule has 0 saturated carbocycles. The summed E-state index contributed by atoms with van der Waals surface area (Å²) in [5.74, 6) is 0.0842. The molecule has 1 unspecified atom stereocenters. The number of allylic oxidation sites excluding steroid dienone is 1. The average molecular weight is 565 g/mol. The fraction of sp³-hybridized carbons (Fsp3) is 0.615. The van der Waals surface area contributed by atoms with Gasteiger partial charge in [0.05, 0.1) is 24.3 Å². The van der Waals surface area contributed by atoms with Crippen LogP contribution in [0.15, 0.2) is 33.6 Å². The average Bonchev–Trinajstić information content (AvgIpc) is 3.22. The maximum atomic E-state index is 14.0. The van der Waals surface area contributed by atoms with E-state index < -0.39 is 17.3 Å². The van der Waals surface area contributed by atoms with E-state index in [1.165, 1.54) is 13.8 Å². The zero-order valence-electron chi connectivity index (χ0n) is 22.9. The van der Waals surface area contributed by atoms with E-state index >= 15 is 0 Å². The Bertz CT molecular complexity index is 1240. The standard InChI is InChI=1S/C26H35F3N8O3/c1-16-17(15-34-4-6-36(7-5-34)24(38)25(2,3)39)12-20-23(35-8-10-40-11-9-35)32-22(33-37(16)20)18-14-31-21(30)13-19(18)26(27,28)29/h13-14,20,39H,4-12,15H2,1-3H3,(H2,30,31). The number of hydrogen-bond acceptors (Lipinski definition) is 10. The number of carbonyl (C=O) groups is 1. The number of aliphatic imine (C=N–C) groups is 1. The number of halogens is 3. The first-order valence-electron chi connectivity index (χ1n) is 13.4. The van der Waals surface area contributed by atoms with E-state index in [1.54, 1.807) is 9.91 Å². The molecule has 0 spiro atoms. The number of carbonyl (C=O) groups excluding carboxylic acids is 1.